The summed E-state index contributed by atoms with van der Waals surface area (Å²) in [4.78, 5) is 85.0. The quantitative estimate of drug-likeness (QED) is 0.0671. The molecule has 4 amide bonds. The third-order valence-corrected chi connectivity index (χ3v) is 12.4. The lowest BCUT2D eigenvalue weighted by molar-refractivity contribution is -0.193. The van der Waals surface area contributed by atoms with E-state index in [0.717, 1.165) is 31.7 Å². The van der Waals surface area contributed by atoms with E-state index in [1.807, 2.05) is 0 Å². The van der Waals surface area contributed by atoms with Gasteiger partial charge in [-0.15, -0.1) is 0 Å². The van der Waals surface area contributed by atoms with E-state index in [0.29, 0.717) is 59.6 Å². The number of hydrogen-bond acceptors (Lipinski definition) is 12. The van der Waals surface area contributed by atoms with Crippen molar-refractivity contribution in [2.75, 3.05) is 49.9 Å². The van der Waals surface area contributed by atoms with Gasteiger partial charge in [-0.25, -0.2) is 27.5 Å². The van der Waals surface area contributed by atoms with E-state index in [9.17, 15) is 67.1 Å². The summed E-state index contributed by atoms with van der Waals surface area (Å²) in [6.07, 6.45) is -14.6. The average Bonchev–Trinajstić information content (AvgIpc) is 3.37. The monoisotopic (exact) mass is 1160 g/mol. The first-order chi connectivity index (χ1) is 37.2. The molecule has 6 bridgehead atoms. The van der Waals surface area contributed by atoms with E-state index in [-0.39, 0.29) is 42.8 Å². The van der Waals surface area contributed by atoms with Crippen LogP contribution in [0.4, 0.5) is 50.9 Å². The molecule has 0 saturated carbocycles. The third kappa shape index (κ3) is 25.1. The van der Waals surface area contributed by atoms with E-state index >= 15 is 0 Å². The Morgan fingerprint density at radius 1 is 0.600 bits per heavy atom. The fraction of sp³-hybridized carbons (Fsp3) is 0.347. The second-order valence-electron chi connectivity index (χ2n) is 17.3. The second-order valence-corrected chi connectivity index (χ2v) is 19.0. The van der Waals surface area contributed by atoms with Crippen molar-refractivity contribution in [1.29, 1.82) is 5.41 Å². The molecule has 80 heavy (non-hydrogen) atoms. The lowest BCUT2D eigenvalue weighted by Gasteiger charge is -2.34. The molecule has 2 atom stereocenters. The van der Waals surface area contributed by atoms with Crippen LogP contribution >= 0.6 is 0 Å². The minimum Gasteiger partial charge on any atom is -0.475 e. The average molecular weight is 1160 g/mol. The van der Waals surface area contributed by atoms with E-state index in [4.69, 9.17) is 40.8 Å². The third-order valence-electron chi connectivity index (χ3n) is 11.1. The zero-order chi connectivity index (χ0) is 60.0. The number of rotatable bonds is 8. The maximum atomic E-state index is 14.2. The Bertz CT molecular complexity index is 2800. The second kappa shape index (κ2) is 30.3. The Morgan fingerprint density at radius 2 is 1.00 bits per heavy atom. The molecule has 1 saturated heterocycles. The highest BCUT2D eigenvalue weighted by molar-refractivity contribution is 7.88. The molecule has 0 spiro atoms. The van der Waals surface area contributed by atoms with Crippen molar-refractivity contribution in [1.82, 2.24) is 25.2 Å². The number of carboxylic acid groups (broad SMARTS) is 3. The number of carbonyl (C=O) groups excluding carboxylic acids is 4. The number of carboxylic acids is 3. The van der Waals surface area contributed by atoms with Gasteiger partial charge in [0.15, 0.2) is 0 Å². The molecule has 11 N–H and O–H groups in total. The number of nitrogens with one attached hydrogen (secondary N) is 6. The van der Waals surface area contributed by atoms with Gasteiger partial charge in [0.05, 0.1) is 5.75 Å². The number of nitrogen functional groups attached to an aromatic ring is 1. The number of carbonyl (C=O) groups is 7. The van der Waals surface area contributed by atoms with Crippen LogP contribution in [0.5, 0.6) is 0 Å². The molecule has 0 radical (unpaired) electrons. The largest absolute Gasteiger partial charge is 0.490 e. The van der Waals surface area contributed by atoms with E-state index in [1.54, 1.807) is 103 Å². The van der Waals surface area contributed by atoms with E-state index in [1.165, 1.54) is 0 Å². The first kappa shape index (κ1) is 66.1. The Morgan fingerprint density at radius 3 is 1.39 bits per heavy atom. The Balaban J connectivity index is 0.000000675. The molecular weight excluding hydrogens is 1110 g/mol. The molecule has 436 valence electrons. The SMILES string of the molecule is N=C(N)c1ccc(CNC(=O)[C@@H]2Cc3ccc(cc3)NC(=O)CCN3CCN(CCC(=O)Nc4ccc(cc4)C[C@@H](NS(=O)(=O)Cc4ccccc4)C(=O)N2)CC3)cc1.O=C(O)C(F)(F)F.O=C(O)C(F)(F)F.O=C(O)C(F)(F)F. The number of nitrogens with zero attached hydrogens (tertiary/aromatic N) is 2. The predicted molar refractivity (Wildman–Crippen MR) is 268 cm³/mol. The lowest BCUT2D eigenvalue weighted by atomic mass is 10.0. The van der Waals surface area contributed by atoms with Gasteiger partial charge < -0.3 is 52.1 Å². The fourth-order valence-electron chi connectivity index (χ4n) is 6.96. The summed E-state index contributed by atoms with van der Waals surface area (Å²) in [6, 6.07) is 26.9. The summed E-state index contributed by atoms with van der Waals surface area (Å²) >= 11 is 0. The zero-order valence-corrected chi connectivity index (χ0v) is 42.6. The summed E-state index contributed by atoms with van der Waals surface area (Å²) in [5.41, 5.74) is 9.85. The van der Waals surface area contributed by atoms with Crippen LogP contribution in [0.25, 0.3) is 0 Å². The number of nitrogens with two attached hydrogens (primary N) is 1. The topological polar surface area (TPSA) is 331 Å². The summed E-state index contributed by atoms with van der Waals surface area (Å²) in [6.45, 7) is 4.50. The normalized spacial score (nSPS) is 18.4. The first-order valence-electron chi connectivity index (χ1n) is 23.4. The maximum Gasteiger partial charge on any atom is 0.490 e. The van der Waals surface area contributed by atoms with Crippen molar-refractivity contribution in [3.8, 4) is 0 Å². The number of alkyl halides is 9. The molecule has 0 unspecified atom stereocenters. The number of benzene rings is 4. The Kier molecular flexibility index (Phi) is 25.0. The van der Waals surface area contributed by atoms with Crippen molar-refractivity contribution in [2.24, 2.45) is 5.73 Å². The van der Waals surface area contributed by atoms with Crippen molar-refractivity contribution >= 4 is 68.8 Å². The molecule has 5 aliphatic rings. The number of fused-ring (bicyclic) bond motifs is 3. The van der Waals surface area contributed by atoms with Crippen LogP contribution in [0.15, 0.2) is 103 Å². The van der Waals surface area contributed by atoms with E-state index in [2.05, 4.69) is 35.8 Å². The lowest BCUT2D eigenvalue weighted by Crippen LogP contribution is -2.55. The minimum atomic E-state index is -5.08. The van der Waals surface area contributed by atoms with Gasteiger partial charge in [-0.1, -0.05) is 78.9 Å². The van der Waals surface area contributed by atoms with Gasteiger partial charge in [-0.3, -0.25) is 24.6 Å². The standard InChI is InChI=1S/C43H51N9O6S.3C2HF3O2/c44-41(45)34-12-6-32(7-13-34)28-46-42(55)37-26-30-8-14-35(15-9-30)47-39(53)18-20-51-22-24-52(25-23-51)21-19-40(54)48-36-16-10-31(11-17-36)27-38(43(56)49-37)50-59(57,58)29-33-4-2-1-3-5-33;3*3-2(4,5)1(6)7/h1-17,37-38,50H,18-29H2,(H3,44,45)(H,46,55)(H,47,53)(H,48,54)(H,49,56);3*(H,6,7)/t37-,38+;;;/m0.../s1. The van der Waals surface area contributed by atoms with Crippen molar-refractivity contribution < 1.29 is 96.8 Å². The Labute approximate surface area is 450 Å². The predicted octanol–water partition coefficient (Wildman–Crippen LogP) is 4.23. The van der Waals surface area contributed by atoms with Gasteiger partial charge in [0.2, 0.25) is 33.7 Å². The van der Waals surface area contributed by atoms with E-state index < -0.39 is 70.4 Å². The molecule has 5 heterocycles. The summed E-state index contributed by atoms with van der Waals surface area (Å²) in [7, 11) is -4.06. The molecule has 9 rings (SSSR count). The van der Waals surface area contributed by atoms with Crippen LogP contribution < -0.4 is 31.7 Å². The van der Waals surface area contributed by atoms with Gasteiger partial charge >= 0.3 is 36.4 Å². The number of halogens is 9. The van der Waals surface area contributed by atoms with Gasteiger partial charge in [-0.2, -0.15) is 39.5 Å². The van der Waals surface area contributed by atoms with Crippen molar-refractivity contribution in [2.45, 2.75) is 68.6 Å². The van der Waals surface area contributed by atoms with Crippen LogP contribution in [0, 0.1) is 5.41 Å². The highest BCUT2D eigenvalue weighted by Gasteiger charge is 2.39. The van der Waals surface area contributed by atoms with Crippen LogP contribution in [-0.2, 0) is 68.7 Å². The number of piperazine rings is 1. The molecule has 31 heteroatoms. The van der Waals surface area contributed by atoms with Gasteiger partial charge in [-0.05, 0) is 52.9 Å². The summed E-state index contributed by atoms with van der Waals surface area (Å²) < 4.78 is 125. The van der Waals surface area contributed by atoms with Gasteiger partial charge in [0.1, 0.15) is 17.9 Å². The highest BCUT2D eigenvalue weighted by Crippen LogP contribution is 2.18. The molecule has 21 nitrogen and oxygen atoms in total. The van der Waals surface area contributed by atoms with Crippen LogP contribution in [0.1, 0.15) is 40.7 Å². The molecule has 4 aromatic rings. The molecule has 1 fully saturated rings. The molecule has 0 aliphatic carbocycles. The zero-order valence-electron chi connectivity index (χ0n) is 41.8. The van der Waals surface area contributed by atoms with Crippen molar-refractivity contribution in [3.05, 3.63) is 131 Å². The fourth-order valence-corrected chi connectivity index (χ4v) is 8.30. The van der Waals surface area contributed by atoms with Crippen LogP contribution in [0.3, 0.4) is 0 Å². The number of amidine groups is 1. The van der Waals surface area contributed by atoms with Gasteiger partial charge in [0, 0.05) is 82.0 Å². The van der Waals surface area contributed by atoms with Crippen molar-refractivity contribution in [3.63, 3.8) is 0 Å². The number of amides is 4. The molecular formula is C49H54F9N9O12S. The maximum absolute atomic E-state index is 14.2. The smallest absolute Gasteiger partial charge is 0.475 e. The minimum absolute atomic E-state index is 0.0503. The Hall–Kier alpha value is -8.16. The molecule has 4 aromatic carbocycles. The van der Waals surface area contributed by atoms with Crippen LogP contribution in [-0.4, -0.2) is 151 Å². The van der Waals surface area contributed by atoms with Crippen LogP contribution in [0.2, 0.25) is 0 Å². The first-order valence-corrected chi connectivity index (χ1v) is 25.0. The number of anilines is 2. The highest BCUT2D eigenvalue weighted by atomic mass is 32.2. The molecule has 5 aliphatic heterocycles. The summed E-state index contributed by atoms with van der Waals surface area (Å²) in [5.74, 6) is -10.2. The van der Waals surface area contributed by atoms with Gasteiger partial charge in [0.25, 0.3) is 0 Å². The summed E-state index contributed by atoms with van der Waals surface area (Å²) in [5, 5.41) is 40.6. The number of aliphatic carboxylic acids is 3. The number of sulfonamides is 1. The number of hydrogen-bond donors (Lipinski definition) is 10. The molecule has 0 aromatic heterocycles.